The van der Waals surface area contributed by atoms with E-state index < -0.39 is 10.0 Å². The van der Waals surface area contributed by atoms with E-state index in [1.807, 2.05) is 6.07 Å². The van der Waals surface area contributed by atoms with Crippen molar-refractivity contribution in [2.75, 3.05) is 11.0 Å². The van der Waals surface area contributed by atoms with E-state index in [4.69, 9.17) is 0 Å². The topological polar surface area (TPSA) is 62.0 Å². The van der Waals surface area contributed by atoms with Gasteiger partial charge in [-0.3, -0.25) is 4.72 Å². The molecule has 0 saturated carbocycles. The third kappa shape index (κ3) is 1.99. The molecule has 0 atom stereocenters. The number of hydrogen-bond acceptors (Lipinski definition) is 2. The molecule has 4 nitrogen and oxygen atoms in total. The Bertz CT molecular complexity index is 701. The van der Waals surface area contributed by atoms with Crippen LogP contribution < -0.4 is 4.72 Å². The number of para-hydroxylation sites is 1. The smallest absolute Gasteiger partial charge is 0.229 e. The van der Waals surface area contributed by atoms with Crippen LogP contribution in [0.5, 0.6) is 0 Å². The molecule has 1 aromatic heterocycles. The number of hydrogen-bond donors (Lipinski definition) is 2. The zero-order chi connectivity index (χ0) is 12.8. The number of anilines is 1. The van der Waals surface area contributed by atoms with Gasteiger partial charge in [0.05, 0.1) is 17.5 Å². The van der Waals surface area contributed by atoms with E-state index in [0.717, 1.165) is 23.7 Å². The number of sulfonamides is 1. The van der Waals surface area contributed by atoms with Crippen LogP contribution in [-0.2, 0) is 22.9 Å². The summed E-state index contributed by atoms with van der Waals surface area (Å²) in [6, 6.07) is 5.76. The number of H-pyrrole nitrogens is 1. The molecule has 1 aliphatic carbocycles. The molecule has 5 heteroatoms. The first-order valence-electron chi connectivity index (χ1n) is 6.15. The standard InChI is InChI=1S/C13H16N2O2S/c1-18(16,17)15-12-8-4-6-10-9-5-2-3-7-11(9)14-13(10)12/h4,6,8,14-15H,2-3,5,7H2,1H3. The van der Waals surface area contributed by atoms with Crippen LogP contribution in [0.25, 0.3) is 10.9 Å². The number of benzene rings is 1. The molecule has 2 aromatic rings. The average Bonchev–Trinajstić information content (AvgIpc) is 2.67. The first kappa shape index (κ1) is 11.6. The molecule has 18 heavy (non-hydrogen) atoms. The maximum atomic E-state index is 11.4. The second kappa shape index (κ2) is 4.02. The molecule has 0 radical (unpaired) electrons. The van der Waals surface area contributed by atoms with Crippen molar-refractivity contribution in [1.29, 1.82) is 0 Å². The number of aromatic nitrogens is 1. The van der Waals surface area contributed by atoms with Crippen molar-refractivity contribution in [2.45, 2.75) is 25.7 Å². The summed E-state index contributed by atoms with van der Waals surface area (Å²) >= 11 is 0. The highest BCUT2D eigenvalue weighted by Crippen LogP contribution is 2.32. The normalized spacial score (nSPS) is 15.6. The maximum absolute atomic E-state index is 11.4. The highest BCUT2D eigenvalue weighted by molar-refractivity contribution is 7.92. The Balaban J connectivity index is 2.19. The minimum absolute atomic E-state index is 0.643. The van der Waals surface area contributed by atoms with Crippen LogP contribution in [0, 0.1) is 0 Å². The van der Waals surface area contributed by atoms with Crippen molar-refractivity contribution in [3.63, 3.8) is 0 Å². The van der Waals surface area contributed by atoms with Gasteiger partial charge in [0.2, 0.25) is 10.0 Å². The van der Waals surface area contributed by atoms with Crippen LogP contribution in [0.3, 0.4) is 0 Å². The number of aromatic amines is 1. The van der Waals surface area contributed by atoms with Gasteiger partial charge >= 0.3 is 0 Å². The van der Waals surface area contributed by atoms with Crippen molar-refractivity contribution in [3.8, 4) is 0 Å². The predicted octanol–water partition coefficient (Wildman–Crippen LogP) is 2.42. The third-order valence-corrected chi connectivity index (χ3v) is 4.02. The molecule has 0 fully saturated rings. The van der Waals surface area contributed by atoms with Crippen LogP contribution >= 0.6 is 0 Å². The molecule has 0 unspecified atom stereocenters. The molecule has 0 saturated heterocycles. The SMILES string of the molecule is CS(=O)(=O)Nc1cccc2c3c([nH]c12)CCCC3. The summed E-state index contributed by atoms with van der Waals surface area (Å²) in [6.07, 6.45) is 5.73. The van der Waals surface area contributed by atoms with Gasteiger partial charge in [0.1, 0.15) is 0 Å². The van der Waals surface area contributed by atoms with Crippen molar-refractivity contribution >= 4 is 26.6 Å². The lowest BCUT2D eigenvalue weighted by atomic mass is 9.96. The summed E-state index contributed by atoms with van der Waals surface area (Å²) in [5, 5.41) is 1.15. The molecule has 0 amide bonds. The van der Waals surface area contributed by atoms with Gasteiger partial charge in [0.25, 0.3) is 0 Å². The second-order valence-electron chi connectivity index (χ2n) is 4.89. The highest BCUT2D eigenvalue weighted by atomic mass is 32.2. The Morgan fingerprint density at radius 3 is 2.78 bits per heavy atom. The van der Waals surface area contributed by atoms with Gasteiger partial charge in [-0.25, -0.2) is 8.42 Å². The van der Waals surface area contributed by atoms with Crippen LogP contribution in [0.1, 0.15) is 24.1 Å². The summed E-state index contributed by atoms with van der Waals surface area (Å²) in [5.41, 5.74) is 4.17. The summed E-state index contributed by atoms with van der Waals surface area (Å²) in [7, 11) is -3.24. The van der Waals surface area contributed by atoms with Gasteiger partial charge in [0.15, 0.2) is 0 Å². The lowest BCUT2D eigenvalue weighted by Crippen LogP contribution is -2.09. The Morgan fingerprint density at radius 1 is 1.22 bits per heavy atom. The summed E-state index contributed by atoms with van der Waals surface area (Å²) in [6.45, 7) is 0. The zero-order valence-electron chi connectivity index (χ0n) is 10.3. The Kier molecular flexibility index (Phi) is 2.59. The van der Waals surface area contributed by atoms with Gasteiger partial charge in [-0.1, -0.05) is 12.1 Å². The summed E-state index contributed by atoms with van der Waals surface area (Å²) < 4.78 is 25.3. The van der Waals surface area contributed by atoms with Gasteiger partial charge in [-0.15, -0.1) is 0 Å². The van der Waals surface area contributed by atoms with Gasteiger partial charge in [-0.05, 0) is 37.3 Å². The monoisotopic (exact) mass is 264 g/mol. The van der Waals surface area contributed by atoms with E-state index in [-0.39, 0.29) is 0 Å². The lowest BCUT2D eigenvalue weighted by molar-refractivity contribution is 0.607. The summed E-state index contributed by atoms with van der Waals surface area (Å²) in [4.78, 5) is 3.38. The van der Waals surface area contributed by atoms with Gasteiger partial charge < -0.3 is 4.98 Å². The van der Waals surface area contributed by atoms with Gasteiger partial charge in [0, 0.05) is 11.1 Å². The molecule has 1 aromatic carbocycles. The van der Waals surface area contributed by atoms with E-state index in [1.54, 1.807) is 6.07 Å². The Morgan fingerprint density at radius 2 is 2.00 bits per heavy atom. The van der Waals surface area contributed by atoms with E-state index >= 15 is 0 Å². The molecular weight excluding hydrogens is 248 g/mol. The first-order chi connectivity index (χ1) is 8.54. The average molecular weight is 264 g/mol. The molecule has 0 aliphatic heterocycles. The third-order valence-electron chi connectivity index (χ3n) is 3.43. The Labute approximate surface area is 106 Å². The minimum Gasteiger partial charge on any atom is -0.356 e. The molecule has 1 aliphatic rings. The lowest BCUT2D eigenvalue weighted by Gasteiger charge is -2.10. The highest BCUT2D eigenvalue weighted by Gasteiger charge is 2.17. The first-order valence-corrected chi connectivity index (χ1v) is 8.04. The minimum atomic E-state index is -3.24. The van der Waals surface area contributed by atoms with Crippen molar-refractivity contribution in [1.82, 2.24) is 4.98 Å². The molecule has 3 rings (SSSR count). The van der Waals surface area contributed by atoms with E-state index in [9.17, 15) is 8.42 Å². The van der Waals surface area contributed by atoms with E-state index in [0.29, 0.717) is 5.69 Å². The molecule has 0 spiro atoms. The van der Waals surface area contributed by atoms with Crippen molar-refractivity contribution < 1.29 is 8.42 Å². The van der Waals surface area contributed by atoms with Crippen LogP contribution in [0.4, 0.5) is 5.69 Å². The molecule has 96 valence electrons. The van der Waals surface area contributed by atoms with E-state index in [2.05, 4.69) is 15.8 Å². The second-order valence-corrected chi connectivity index (χ2v) is 6.64. The number of rotatable bonds is 2. The van der Waals surface area contributed by atoms with Crippen LogP contribution in [-0.4, -0.2) is 19.7 Å². The zero-order valence-corrected chi connectivity index (χ0v) is 11.1. The quantitative estimate of drug-likeness (QED) is 0.875. The fourth-order valence-corrected chi connectivity index (χ4v) is 3.28. The van der Waals surface area contributed by atoms with Crippen LogP contribution in [0.15, 0.2) is 18.2 Å². The number of nitrogens with one attached hydrogen (secondary N) is 2. The Hall–Kier alpha value is -1.49. The number of fused-ring (bicyclic) bond motifs is 3. The molecule has 0 bridgehead atoms. The van der Waals surface area contributed by atoms with Crippen LogP contribution in [0.2, 0.25) is 0 Å². The molecule has 1 heterocycles. The number of aryl methyl sites for hydroxylation is 2. The van der Waals surface area contributed by atoms with Crippen molar-refractivity contribution in [3.05, 3.63) is 29.5 Å². The molecule has 2 N–H and O–H groups in total. The van der Waals surface area contributed by atoms with E-state index in [1.165, 1.54) is 30.4 Å². The fourth-order valence-electron chi connectivity index (χ4n) is 2.71. The molecular formula is C13H16N2O2S. The fraction of sp³-hybridized carbons (Fsp3) is 0.385. The van der Waals surface area contributed by atoms with Gasteiger partial charge in [-0.2, -0.15) is 0 Å². The maximum Gasteiger partial charge on any atom is 0.229 e. The largest absolute Gasteiger partial charge is 0.356 e. The predicted molar refractivity (Wildman–Crippen MR) is 73.4 cm³/mol. The van der Waals surface area contributed by atoms with Crippen molar-refractivity contribution in [2.24, 2.45) is 0 Å². The summed E-state index contributed by atoms with van der Waals surface area (Å²) in [5.74, 6) is 0.